The number of aryl methyl sites for hydroxylation is 1. The number of carbonyl (C=O) groups excluding carboxylic acids is 1. The van der Waals surface area contributed by atoms with Crippen molar-refractivity contribution in [3.8, 4) is 11.6 Å². The molecule has 118 valence electrons. The molecule has 1 fully saturated rings. The molecule has 22 heavy (non-hydrogen) atoms. The van der Waals surface area contributed by atoms with Crippen molar-refractivity contribution in [2.45, 2.75) is 18.6 Å². The first-order valence-corrected chi connectivity index (χ1v) is 7.96. The second-order valence-electron chi connectivity index (χ2n) is 4.79. The van der Waals surface area contributed by atoms with Crippen LogP contribution in [0.15, 0.2) is 20.2 Å². The van der Waals surface area contributed by atoms with E-state index >= 15 is 0 Å². The van der Waals surface area contributed by atoms with Gasteiger partial charge in [0.05, 0.1) is 13.2 Å². The molecule has 1 amide bonds. The lowest BCUT2D eigenvalue weighted by Gasteiger charge is -2.26. The van der Waals surface area contributed by atoms with Gasteiger partial charge in [0, 0.05) is 31.3 Å². The molecule has 2 aromatic rings. The summed E-state index contributed by atoms with van der Waals surface area (Å²) in [6.07, 6.45) is 0.436. The molecular formula is C13H16N4O4S. The lowest BCUT2D eigenvalue weighted by Crippen LogP contribution is -2.40. The van der Waals surface area contributed by atoms with E-state index in [1.807, 2.05) is 4.90 Å². The molecule has 1 aliphatic rings. The maximum Gasteiger partial charge on any atom is 0.276 e. The monoisotopic (exact) mass is 324 g/mol. The molecule has 0 spiro atoms. The van der Waals surface area contributed by atoms with Crippen molar-refractivity contribution in [3.63, 3.8) is 0 Å². The molecule has 0 bridgehead atoms. The largest absolute Gasteiger partial charge is 0.409 e. The number of rotatable bonds is 5. The van der Waals surface area contributed by atoms with Crippen LogP contribution in [0.4, 0.5) is 0 Å². The van der Waals surface area contributed by atoms with E-state index in [2.05, 4.69) is 15.4 Å². The van der Waals surface area contributed by atoms with Gasteiger partial charge in [0.2, 0.25) is 5.91 Å². The Labute approximate surface area is 131 Å². The van der Waals surface area contributed by atoms with E-state index in [0.29, 0.717) is 61.0 Å². The molecule has 0 atom stereocenters. The Balaban J connectivity index is 1.47. The Bertz CT molecular complexity index is 636. The molecule has 3 rings (SSSR count). The number of hydrogen-bond acceptors (Lipinski definition) is 8. The zero-order valence-electron chi connectivity index (χ0n) is 12.2. The van der Waals surface area contributed by atoms with Crippen molar-refractivity contribution in [1.82, 2.24) is 20.3 Å². The maximum atomic E-state index is 12.0. The summed E-state index contributed by atoms with van der Waals surface area (Å²) in [5.41, 5.74) is 0.515. The second kappa shape index (κ2) is 6.93. The van der Waals surface area contributed by atoms with Crippen molar-refractivity contribution in [2.75, 3.05) is 32.1 Å². The van der Waals surface area contributed by atoms with Gasteiger partial charge in [0.25, 0.3) is 11.1 Å². The fourth-order valence-electron chi connectivity index (χ4n) is 2.04. The molecule has 2 aromatic heterocycles. The van der Waals surface area contributed by atoms with Gasteiger partial charge in [0.1, 0.15) is 5.76 Å². The minimum absolute atomic E-state index is 0.127. The average molecular weight is 324 g/mol. The van der Waals surface area contributed by atoms with Crippen LogP contribution in [-0.4, -0.2) is 58.2 Å². The first kappa shape index (κ1) is 15.0. The van der Waals surface area contributed by atoms with Crippen LogP contribution < -0.4 is 0 Å². The molecule has 3 heterocycles. The van der Waals surface area contributed by atoms with Gasteiger partial charge in [-0.25, -0.2) is 0 Å². The second-order valence-corrected chi connectivity index (χ2v) is 5.83. The molecule has 0 unspecified atom stereocenters. The summed E-state index contributed by atoms with van der Waals surface area (Å²) in [5, 5.41) is 12.1. The Morgan fingerprint density at radius 3 is 2.91 bits per heavy atom. The number of thioether (sulfide) groups is 1. The Morgan fingerprint density at radius 1 is 1.36 bits per heavy atom. The molecule has 0 aliphatic carbocycles. The van der Waals surface area contributed by atoms with Crippen molar-refractivity contribution < 1.29 is 18.5 Å². The van der Waals surface area contributed by atoms with Gasteiger partial charge in [-0.1, -0.05) is 16.9 Å². The fraction of sp³-hybridized carbons (Fsp3) is 0.538. The highest BCUT2D eigenvalue weighted by molar-refractivity contribution is 7.99. The standard InChI is InChI=1S/C13H16N4O4S/c1-9-8-10(16-21-9)12-14-15-13(20-12)22-7-2-11(18)17-3-5-19-6-4-17/h8H,2-7H2,1H3. The van der Waals surface area contributed by atoms with E-state index in [-0.39, 0.29) is 5.91 Å². The topological polar surface area (TPSA) is 94.5 Å². The number of ether oxygens (including phenoxy) is 1. The number of aromatic nitrogens is 3. The summed E-state index contributed by atoms with van der Waals surface area (Å²) in [7, 11) is 0. The van der Waals surface area contributed by atoms with E-state index in [4.69, 9.17) is 13.7 Å². The Morgan fingerprint density at radius 2 is 2.18 bits per heavy atom. The van der Waals surface area contributed by atoms with E-state index in [0.717, 1.165) is 0 Å². The minimum Gasteiger partial charge on any atom is -0.409 e. The number of carbonyl (C=O) groups is 1. The third-order valence-electron chi connectivity index (χ3n) is 3.16. The molecule has 0 saturated carbocycles. The Hall–Kier alpha value is -1.87. The van der Waals surface area contributed by atoms with Gasteiger partial charge in [-0.2, -0.15) is 0 Å². The van der Waals surface area contributed by atoms with E-state index in [1.165, 1.54) is 11.8 Å². The highest BCUT2D eigenvalue weighted by Crippen LogP contribution is 2.23. The Kier molecular flexibility index (Phi) is 4.74. The number of nitrogens with zero attached hydrogens (tertiary/aromatic N) is 4. The normalized spacial score (nSPS) is 15.2. The first-order chi connectivity index (χ1) is 10.7. The lowest BCUT2D eigenvalue weighted by molar-refractivity contribution is -0.134. The molecule has 9 heteroatoms. The fourth-order valence-corrected chi connectivity index (χ4v) is 2.72. The number of hydrogen-bond donors (Lipinski definition) is 0. The van der Waals surface area contributed by atoms with Crippen molar-refractivity contribution in [3.05, 3.63) is 11.8 Å². The van der Waals surface area contributed by atoms with Crippen LogP contribution in [0.3, 0.4) is 0 Å². The van der Waals surface area contributed by atoms with Gasteiger partial charge >= 0.3 is 0 Å². The van der Waals surface area contributed by atoms with Crippen LogP contribution in [0.2, 0.25) is 0 Å². The summed E-state index contributed by atoms with van der Waals surface area (Å²) in [4.78, 5) is 13.8. The molecule has 0 aromatic carbocycles. The van der Waals surface area contributed by atoms with Gasteiger partial charge in [-0.05, 0) is 6.92 Å². The molecule has 0 radical (unpaired) electrons. The van der Waals surface area contributed by atoms with E-state index in [9.17, 15) is 4.79 Å². The smallest absolute Gasteiger partial charge is 0.276 e. The highest BCUT2D eigenvalue weighted by atomic mass is 32.2. The number of amides is 1. The summed E-state index contributed by atoms with van der Waals surface area (Å²) < 4.78 is 15.7. The van der Waals surface area contributed by atoms with E-state index in [1.54, 1.807) is 13.0 Å². The molecule has 0 N–H and O–H groups in total. The van der Waals surface area contributed by atoms with E-state index < -0.39 is 0 Å². The summed E-state index contributed by atoms with van der Waals surface area (Å²) in [6, 6.07) is 1.73. The van der Waals surface area contributed by atoms with Crippen molar-refractivity contribution in [1.29, 1.82) is 0 Å². The van der Waals surface area contributed by atoms with Crippen molar-refractivity contribution in [2.24, 2.45) is 0 Å². The highest BCUT2D eigenvalue weighted by Gasteiger charge is 2.17. The first-order valence-electron chi connectivity index (χ1n) is 6.98. The van der Waals surface area contributed by atoms with Gasteiger partial charge in [0.15, 0.2) is 5.69 Å². The predicted molar refractivity (Wildman–Crippen MR) is 77.3 cm³/mol. The summed E-state index contributed by atoms with van der Waals surface area (Å²) in [6.45, 7) is 4.35. The van der Waals surface area contributed by atoms with Gasteiger partial charge in [-0.3, -0.25) is 4.79 Å². The van der Waals surface area contributed by atoms with Gasteiger partial charge < -0.3 is 18.6 Å². The van der Waals surface area contributed by atoms with Gasteiger partial charge in [-0.15, -0.1) is 10.2 Å². The third kappa shape index (κ3) is 3.66. The van der Waals surface area contributed by atoms with Crippen LogP contribution in [0, 0.1) is 6.92 Å². The SMILES string of the molecule is Cc1cc(-c2nnc(SCCC(=O)N3CCOCC3)o2)no1. The molecule has 1 saturated heterocycles. The number of morpholine rings is 1. The average Bonchev–Trinajstić information content (AvgIpc) is 3.17. The van der Waals surface area contributed by atoms with Crippen LogP contribution in [0.25, 0.3) is 11.6 Å². The van der Waals surface area contributed by atoms with Crippen LogP contribution in [0.1, 0.15) is 12.2 Å². The molecule has 8 nitrogen and oxygen atoms in total. The third-order valence-corrected chi connectivity index (χ3v) is 3.98. The lowest BCUT2D eigenvalue weighted by atomic mass is 10.3. The summed E-state index contributed by atoms with van der Waals surface area (Å²) >= 11 is 1.36. The van der Waals surface area contributed by atoms with Crippen molar-refractivity contribution >= 4 is 17.7 Å². The molecule has 1 aliphatic heterocycles. The maximum absolute atomic E-state index is 12.0. The zero-order valence-corrected chi connectivity index (χ0v) is 13.0. The quantitative estimate of drug-likeness (QED) is 0.761. The molecular weight excluding hydrogens is 308 g/mol. The minimum atomic E-state index is 0.127. The predicted octanol–water partition coefficient (Wildman–Crippen LogP) is 1.37. The van der Waals surface area contributed by atoms with Crippen LogP contribution >= 0.6 is 11.8 Å². The van der Waals surface area contributed by atoms with Crippen LogP contribution in [-0.2, 0) is 9.53 Å². The summed E-state index contributed by atoms with van der Waals surface area (Å²) in [5.74, 6) is 1.72. The zero-order chi connectivity index (χ0) is 15.4. The van der Waals surface area contributed by atoms with Crippen LogP contribution in [0.5, 0.6) is 0 Å².